The lowest BCUT2D eigenvalue weighted by molar-refractivity contribution is -0.116. The number of hydrogen-bond donors (Lipinski definition) is 2. The summed E-state index contributed by atoms with van der Waals surface area (Å²) < 4.78 is 0. The fourth-order valence-corrected chi connectivity index (χ4v) is 2.26. The number of carbonyl (C=O) groups excluding carboxylic acids is 1. The summed E-state index contributed by atoms with van der Waals surface area (Å²) >= 11 is 0. The molecule has 0 saturated carbocycles. The van der Waals surface area contributed by atoms with E-state index in [2.05, 4.69) is 36.0 Å². The molecule has 1 aromatic carbocycles. The molecule has 3 heteroatoms. The SMILES string of the molecule is CCCCc1cccc(/C=C2\C(=O)NNC2(C)C)c1. The van der Waals surface area contributed by atoms with E-state index in [9.17, 15) is 4.79 Å². The average molecular weight is 258 g/mol. The second-order valence-corrected chi connectivity index (χ2v) is 5.61. The number of aryl methyl sites for hydroxylation is 1. The van der Waals surface area contributed by atoms with Gasteiger partial charge in [0.15, 0.2) is 0 Å². The number of benzene rings is 1. The molecule has 0 aromatic heterocycles. The normalized spacial score (nSPS) is 19.7. The fraction of sp³-hybridized carbons (Fsp3) is 0.438. The van der Waals surface area contributed by atoms with Crippen LogP contribution in [0.5, 0.6) is 0 Å². The van der Waals surface area contributed by atoms with Gasteiger partial charge < -0.3 is 0 Å². The van der Waals surface area contributed by atoms with Crippen molar-refractivity contribution in [2.45, 2.75) is 45.6 Å². The third-order valence-corrected chi connectivity index (χ3v) is 3.49. The zero-order chi connectivity index (χ0) is 13.9. The first-order valence-electron chi connectivity index (χ1n) is 6.91. The quantitative estimate of drug-likeness (QED) is 0.815. The monoisotopic (exact) mass is 258 g/mol. The lowest BCUT2D eigenvalue weighted by Gasteiger charge is -2.17. The van der Waals surface area contributed by atoms with Crippen LogP contribution in [0.25, 0.3) is 6.08 Å². The third-order valence-electron chi connectivity index (χ3n) is 3.49. The molecule has 1 amide bonds. The van der Waals surface area contributed by atoms with Crippen molar-refractivity contribution in [1.29, 1.82) is 0 Å². The highest BCUT2D eigenvalue weighted by atomic mass is 16.2. The van der Waals surface area contributed by atoms with Gasteiger partial charge in [-0.25, -0.2) is 5.43 Å². The zero-order valence-electron chi connectivity index (χ0n) is 11.9. The molecule has 1 aliphatic heterocycles. The average Bonchev–Trinajstić information content (AvgIpc) is 2.64. The summed E-state index contributed by atoms with van der Waals surface area (Å²) in [6, 6.07) is 8.43. The molecular formula is C16H22N2O. The summed E-state index contributed by atoms with van der Waals surface area (Å²) in [5.41, 5.74) is 8.55. The van der Waals surface area contributed by atoms with E-state index in [0.717, 1.165) is 17.6 Å². The number of unbranched alkanes of at least 4 members (excludes halogenated alkanes) is 1. The summed E-state index contributed by atoms with van der Waals surface area (Å²) in [4.78, 5) is 11.8. The minimum atomic E-state index is -0.323. The van der Waals surface area contributed by atoms with E-state index in [0.29, 0.717) is 0 Å². The van der Waals surface area contributed by atoms with Crippen molar-refractivity contribution in [3.63, 3.8) is 0 Å². The maximum absolute atomic E-state index is 11.8. The van der Waals surface area contributed by atoms with Crippen molar-refractivity contribution in [2.75, 3.05) is 0 Å². The Morgan fingerprint density at radius 3 is 2.74 bits per heavy atom. The Labute approximate surface area is 115 Å². The number of hydrazine groups is 1. The topological polar surface area (TPSA) is 41.1 Å². The Hall–Kier alpha value is -1.61. The summed E-state index contributed by atoms with van der Waals surface area (Å²) in [6.07, 6.45) is 5.48. The van der Waals surface area contributed by atoms with Crippen LogP contribution < -0.4 is 10.9 Å². The summed E-state index contributed by atoms with van der Waals surface area (Å²) in [7, 11) is 0. The minimum Gasteiger partial charge on any atom is -0.287 e. The Morgan fingerprint density at radius 2 is 2.11 bits per heavy atom. The molecule has 1 fully saturated rings. The lowest BCUT2D eigenvalue weighted by Crippen LogP contribution is -2.38. The number of carbonyl (C=O) groups is 1. The second-order valence-electron chi connectivity index (χ2n) is 5.61. The summed E-state index contributed by atoms with van der Waals surface area (Å²) in [5.74, 6) is -0.0380. The first-order valence-corrected chi connectivity index (χ1v) is 6.91. The molecule has 2 N–H and O–H groups in total. The van der Waals surface area contributed by atoms with Crippen LogP contribution in [0.2, 0.25) is 0 Å². The van der Waals surface area contributed by atoms with Crippen LogP contribution in [0.15, 0.2) is 29.8 Å². The Kier molecular flexibility index (Phi) is 4.05. The van der Waals surface area contributed by atoms with E-state index in [1.165, 1.54) is 18.4 Å². The molecule has 0 bridgehead atoms. The maximum Gasteiger partial charge on any atom is 0.263 e. The van der Waals surface area contributed by atoms with Gasteiger partial charge in [-0.05, 0) is 43.9 Å². The van der Waals surface area contributed by atoms with Gasteiger partial charge in [0.1, 0.15) is 0 Å². The molecule has 1 aromatic rings. The molecule has 2 rings (SSSR count). The predicted molar refractivity (Wildman–Crippen MR) is 78.4 cm³/mol. The van der Waals surface area contributed by atoms with Crippen molar-refractivity contribution >= 4 is 12.0 Å². The van der Waals surface area contributed by atoms with Crippen molar-refractivity contribution in [3.05, 3.63) is 41.0 Å². The molecule has 1 heterocycles. The number of nitrogens with one attached hydrogen (secondary N) is 2. The van der Waals surface area contributed by atoms with Gasteiger partial charge in [-0.3, -0.25) is 10.2 Å². The molecule has 0 radical (unpaired) electrons. The van der Waals surface area contributed by atoms with Crippen molar-refractivity contribution in [1.82, 2.24) is 10.9 Å². The Balaban J connectivity index is 2.25. The highest BCUT2D eigenvalue weighted by Gasteiger charge is 2.34. The van der Waals surface area contributed by atoms with Crippen LogP contribution in [0.3, 0.4) is 0 Å². The Bertz CT molecular complexity index is 503. The third kappa shape index (κ3) is 3.24. The lowest BCUT2D eigenvalue weighted by atomic mass is 9.93. The van der Waals surface area contributed by atoms with Gasteiger partial charge in [0.05, 0.1) is 5.54 Å². The van der Waals surface area contributed by atoms with Gasteiger partial charge in [-0.15, -0.1) is 0 Å². The van der Waals surface area contributed by atoms with Gasteiger partial charge in [-0.1, -0.05) is 37.6 Å². The van der Waals surface area contributed by atoms with Crippen LogP contribution in [0.1, 0.15) is 44.7 Å². The highest BCUT2D eigenvalue weighted by molar-refractivity contribution is 6.01. The summed E-state index contributed by atoms with van der Waals surface area (Å²) in [6.45, 7) is 6.19. The van der Waals surface area contributed by atoms with E-state index >= 15 is 0 Å². The molecule has 102 valence electrons. The van der Waals surface area contributed by atoms with Gasteiger partial charge in [0.25, 0.3) is 5.91 Å². The van der Waals surface area contributed by atoms with Crippen molar-refractivity contribution in [2.24, 2.45) is 0 Å². The van der Waals surface area contributed by atoms with Crippen LogP contribution in [0, 0.1) is 0 Å². The Morgan fingerprint density at radius 1 is 1.32 bits per heavy atom. The number of hydrogen-bond acceptors (Lipinski definition) is 2. The largest absolute Gasteiger partial charge is 0.287 e. The van der Waals surface area contributed by atoms with E-state index in [1.54, 1.807) is 0 Å². The maximum atomic E-state index is 11.8. The second kappa shape index (κ2) is 5.57. The molecule has 0 atom stereocenters. The predicted octanol–water partition coefficient (Wildman–Crippen LogP) is 2.83. The van der Waals surface area contributed by atoms with Gasteiger partial charge in [0, 0.05) is 5.57 Å². The molecule has 0 unspecified atom stereocenters. The van der Waals surface area contributed by atoms with Gasteiger partial charge >= 0.3 is 0 Å². The van der Waals surface area contributed by atoms with Gasteiger partial charge in [0.2, 0.25) is 0 Å². The van der Waals surface area contributed by atoms with E-state index in [-0.39, 0.29) is 11.4 Å². The molecule has 0 spiro atoms. The highest BCUT2D eigenvalue weighted by Crippen LogP contribution is 2.23. The first kappa shape index (κ1) is 13.8. The molecule has 1 saturated heterocycles. The van der Waals surface area contributed by atoms with Crippen LogP contribution in [-0.2, 0) is 11.2 Å². The number of rotatable bonds is 4. The van der Waals surface area contributed by atoms with Crippen LogP contribution >= 0.6 is 0 Å². The van der Waals surface area contributed by atoms with E-state index in [1.807, 2.05) is 26.0 Å². The van der Waals surface area contributed by atoms with Crippen LogP contribution in [-0.4, -0.2) is 11.4 Å². The minimum absolute atomic E-state index is 0.0380. The zero-order valence-corrected chi connectivity index (χ0v) is 11.9. The fourth-order valence-electron chi connectivity index (χ4n) is 2.26. The van der Waals surface area contributed by atoms with E-state index < -0.39 is 0 Å². The van der Waals surface area contributed by atoms with Gasteiger partial charge in [-0.2, -0.15) is 0 Å². The van der Waals surface area contributed by atoms with Crippen molar-refractivity contribution in [3.8, 4) is 0 Å². The van der Waals surface area contributed by atoms with E-state index in [4.69, 9.17) is 0 Å². The first-order chi connectivity index (χ1) is 9.03. The van der Waals surface area contributed by atoms with Crippen LogP contribution in [0.4, 0.5) is 0 Å². The molecule has 1 aliphatic rings. The van der Waals surface area contributed by atoms with Crippen molar-refractivity contribution < 1.29 is 4.79 Å². The number of amides is 1. The smallest absolute Gasteiger partial charge is 0.263 e. The standard InChI is InChI=1S/C16H22N2O/c1-4-5-7-12-8-6-9-13(10-12)11-14-15(19)17-18-16(14,2)3/h6,8-11,18H,4-5,7H2,1-3H3,(H,17,19)/b14-11+. The molecular weight excluding hydrogens is 236 g/mol. The molecule has 3 nitrogen and oxygen atoms in total. The molecule has 19 heavy (non-hydrogen) atoms. The summed E-state index contributed by atoms with van der Waals surface area (Å²) in [5, 5.41) is 0. The molecule has 0 aliphatic carbocycles.